The van der Waals surface area contributed by atoms with Crippen molar-refractivity contribution in [1.29, 1.82) is 0 Å². The number of fused-ring (bicyclic) bond motifs is 1. The number of imidazole rings is 1. The number of aliphatic imine (C=N–C) groups is 1. The Bertz CT molecular complexity index is 1260. The van der Waals surface area contributed by atoms with Crippen LogP contribution < -0.4 is 16.0 Å². The normalized spacial score (nSPS) is 25.8. The zero-order valence-corrected chi connectivity index (χ0v) is 23.3. The van der Waals surface area contributed by atoms with Crippen molar-refractivity contribution in [3.63, 3.8) is 0 Å². The number of hydrogen-bond acceptors (Lipinski definition) is 7. The maximum atomic E-state index is 4.99. The van der Waals surface area contributed by atoms with Crippen molar-refractivity contribution in [2.45, 2.75) is 70.7 Å². The Morgan fingerprint density at radius 3 is 2.55 bits per heavy atom. The summed E-state index contributed by atoms with van der Waals surface area (Å²) in [6.07, 6.45) is 14.5. The van der Waals surface area contributed by atoms with Gasteiger partial charge in [0, 0.05) is 49.1 Å². The van der Waals surface area contributed by atoms with Gasteiger partial charge in [-0.3, -0.25) is 14.9 Å². The van der Waals surface area contributed by atoms with Crippen molar-refractivity contribution in [3.05, 3.63) is 58.9 Å². The lowest BCUT2D eigenvalue weighted by Crippen LogP contribution is -2.51. The minimum Gasteiger partial charge on any atom is -0.369 e. The van der Waals surface area contributed by atoms with Gasteiger partial charge in [0.2, 0.25) is 5.95 Å². The fourth-order valence-electron chi connectivity index (χ4n) is 6.06. The summed E-state index contributed by atoms with van der Waals surface area (Å²) < 4.78 is 2.39. The molecule has 8 nitrogen and oxygen atoms in total. The van der Waals surface area contributed by atoms with Gasteiger partial charge in [0.05, 0.1) is 6.21 Å². The number of aryl methyl sites for hydroxylation is 2. The first-order chi connectivity index (χ1) is 18.4. The van der Waals surface area contributed by atoms with Crippen LogP contribution in [0.4, 0.5) is 17.5 Å². The maximum Gasteiger partial charge on any atom is 0.209 e. The molecule has 0 amide bonds. The highest BCUT2D eigenvalue weighted by atomic mass is 15.4. The number of allylic oxidation sites excluding steroid dienone is 1. The maximum absolute atomic E-state index is 4.99. The Labute approximate surface area is 226 Å². The largest absolute Gasteiger partial charge is 0.369 e. The summed E-state index contributed by atoms with van der Waals surface area (Å²) >= 11 is 0. The predicted molar refractivity (Wildman–Crippen MR) is 156 cm³/mol. The van der Waals surface area contributed by atoms with Crippen LogP contribution in [0.15, 0.2) is 47.1 Å². The van der Waals surface area contributed by atoms with Gasteiger partial charge >= 0.3 is 0 Å². The quantitative estimate of drug-likeness (QED) is 0.508. The number of piperazine rings is 1. The van der Waals surface area contributed by atoms with Crippen molar-refractivity contribution < 1.29 is 0 Å². The number of rotatable bonds is 6. The molecule has 2 aliphatic carbocycles. The molecule has 2 unspecified atom stereocenters. The van der Waals surface area contributed by atoms with Gasteiger partial charge in [-0.15, -0.1) is 0 Å². The van der Waals surface area contributed by atoms with Gasteiger partial charge in [0.25, 0.3) is 0 Å². The summed E-state index contributed by atoms with van der Waals surface area (Å²) in [6.45, 7) is 11.0. The first kappa shape index (κ1) is 25.2. The molecule has 2 atom stereocenters. The van der Waals surface area contributed by atoms with E-state index in [0.717, 1.165) is 55.7 Å². The number of hydrogen-bond donors (Lipinski definition) is 3. The molecule has 8 heteroatoms. The van der Waals surface area contributed by atoms with E-state index in [9.17, 15) is 0 Å². The van der Waals surface area contributed by atoms with E-state index in [1.54, 1.807) is 0 Å². The van der Waals surface area contributed by atoms with Crippen LogP contribution in [0.1, 0.15) is 61.9 Å². The molecule has 1 aromatic heterocycles. The minimum absolute atomic E-state index is 0.165. The van der Waals surface area contributed by atoms with E-state index >= 15 is 0 Å². The predicted octanol–water partition coefficient (Wildman–Crippen LogP) is 4.93. The number of benzene rings is 1. The van der Waals surface area contributed by atoms with Crippen LogP contribution in [0, 0.1) is 13.8 Å². The third-order valence-electron chi connectivity index (χ3n) is 8.70. The minimum atomic E-state index is -0.206. The van der Waals surface area contributed by atoms with Crippen molar-refractivity contribution in [3.8, 4) is 0 Å². The highest BCUT2D eigenvalue weighted by Gasteiger charge is 2.32. The Kier molecular flexibility index (Phi) is 6.78. The van der Waals surface area contributed by atoms with E-state index in [4.69, 9.17) is 9.98 Å². The summed E-state index contributed by atoms with van der Waals surface area (Å²) in [5.74, 6) is 1.96. The van der Waals surface area contributed by atoms with Crippen molar-refractivity contribution in [2.75, 3.05) is 43.9 Å². The van der Waals surface area contributed by atoms with Crippen LogP contribution in [0.25, 0.3) is 0 Å². The molecule has 38 heavy (non-hydrogen) atoms. The average molecular weight is 515 g/mol. The van der Waals surface area contributed by atoms with Crippen LogP contribution in [0.2, 0.25) is 0 Å². The second-order valence-electron chi connectivity index (χ2n) is 11.7. The Morgan fingerprint density at radius 1 is 1.05 bits per heavy atom. The lowest BCUT2D eigenvalue weighted by molar-refractivity contribution is 0.188. The van der Waals surface area contributed by atoms with E-state index in [0.29, 0.717) is 6.04 Å². The van der Waals surface area contributed by atoms with Gasteiger partial charge in [0.1, 0.15) is 11.5 Å². The molecule has 4 aliphatic rings. The molecule has 0 bridgehead atoms. The summed E-state index contributed by atoms with van der Waals surface area (Å²) in [5.41, 5.74) is 5.74. The van der Waals surface area contributed by atoms with Crippen molar-refractivity contribution in [1.82, 2.24) is 24.7 Å². The van der Waals surface area contributed by atoms with Gasteiger partial charge in [-0.1, -0.05) is 31.1 Å². The molecule has 6 rings (SSSR count). The van der Waals surface area contributed by atoms with Crippen LogP contribution in [0.5, 0.6) is 0 Å². The highest BCUT2D eigenvalue weighted by molar-refractivity contribution is 5.88. The molecule has 2 aliphatic heterocycles. The van der Waals surface area contributed by atoms with E-state index in [-0.39, 0.29) is 11.8 Å². The molecular weight excluding hydrogens is 472 g/mol. The second kappa shape index (κ2) is 10.2. The molecule has 0 spiro atoms. The standard InChI is InChI=1S/C30H42N8/c1-21-9-10-23(19-22(21)2)32-29-33-26-20-31-28(34-27(26)38(29)25-7-5-6-8-25)35-30(3)13-11-24(12-14-30)37-17-15-36(4)16-18-37/h9-13,19-20,25,28,34-35H,5-8,14-18H2,1-4H3,(H,32,33). The molecule has 1 aromatic carbocycles. The fraction of sp³-hybridized carbons (Fsp3) is 0.533. The second-order valence-corrected chi connectivity index (χ2v) is 11.7. The SMILES string of the molecule is Cc1ccc(Nc2nc3c(n2C2CCCC2)NC(NC2(C)C=CC(N4CCN(C)CC4)=CC2)N=C3)cc1C. The Hall–Kier alpha value is -3.10. The number of nitrogens with one attached hydrogen (secondary N) is 3. The van der Waals surface area contributed by atoms with Gasteiger partial charge in [-0.05, 0) is 76.4 Å². The Morgan fingerprint density at radius 2 is 1.84 bits per heavy atom. The smallest absolute Gasteiger partial charge is 0.209 e. The van der Waals surface area contributed by atoms with E-state index < -0.39 is 0 Å². The van der Waals surface area contributed by atoms with Crippen molar-refractivity contribution >= 4 is 23.7 Å². The van der Waals surface area contributed by atoms with Crippen LogP contribution in [-0.4, -0.2) is 70.6 Å². The third-order valence-corrected chi connectivity index (χ3v) is 8.70. The molecular formula is C30H42N8. The first-order valence-corrected chi connectivity index (χ1v) is 14.2. The van der Waals surface area contributed by atoms with Crippen LogP contribution in [0.3, 0.4) is 0 Å². The van der Waals surface area contributed by atoms with Crippen molar-refractivity contribution in [2.24, 2.45) is 4.99 Å². The number of anilines is 3. The molecule has 202 valence electrons. The summed E-state index contributed by atoms with van der Waals surface area (Å²) in [6, 6.07) is 6.95. The highest BCUT2D eigenvalue weighted by Crippen LogP contribution is 2.38. The average Bonchev–Trinajstić information content (AvgIpc) is 3.54. The molecule has 2 fully saturated rings. The topological polar surface area (TPSA) is 72.8 Å². The third kappa shape index (κ3) is 5.12. The van der Waals surface area contributed by atoms with Gasteiger partial charge in [-0.2, -0.15) is 0 Å². The lowest BCUT2D eigenvalue weighted by Gasteiger charge is -2.38. The summed E-state index contributed by atoms with van der Waals surface area (Å²) in [4.78, 5) is 14.7. The molecule has 3 heterocycles. The van der Waals surface area contributed by atoms with Gasteiger partial charge in [0.15, 0.2) is 6.29 Å². The zero-order chi connectivity index (χ0) is 26.3. The first-order valence-electron chi connectivity index (χ1n) is 14.2. The lowest BCUT2D eigenvalue weighted by atomic mass is 9.92. The van der Waals surface area contributed by atoms with Gasteiger partial charge < -0.3 is 20.4 Å². The Balaban J connectivity index is 1.18. The molecule has 1 saturated carbocycles. The van der Waals surface area contributed by atoms with Gasteiger partial charge in [-0.25, -0.2) is 4.98 Å². The number of likely N-dealkylation sites (N-methyl/N-ethyl adjacent to an activating group) is 1. The zero-order valence-electron chi connectivity index (χ0n) is 23.3. The molecule has 3 N–H and O–H groups in total. The summed E-state index contributed by atoms with van der Waals surface area (Å²) in [5, 5.41) is 11.1. The van der Waals surface area contributed by atoms with E-state index in [1.165, 1.54) is 42.5 Å². The summed E-state index contributed by atoms with van der Waals surface area (Å²) in [7, 11) is 2.20. The molecule has 0 radical (unpaired) electrons. The fourth-order valence-corrected chi connectivity index (χ4v) is 6.06. The monoisotopic (exact) mass is 514 g/mol. The molecule has 2 aromatic rings. The van der Waals surface area contributed by atoms with E-state index in [1.807, 2.05) is 6.21 Å². The molecule has 1 saturated heterocycles. The number of nitrogens with zero attached hydrogens (tertiary/aromatic N) is 5. The van der Waals surface area contributed by atoms with Crippen LogP contribution in [-0.2, 0) is 0 Å². The van der Waals surface area contributed by atoms with E-state index in [2.05, 4.69) is 94.6 Å². The number of aromatic nitrogens is 2. The van der Waals surface area contributed by atoms with Crippen LogP contribution >= 0.6 is 0 Å².